The molecule has 0 amide bonds. The zero-order valence-electron chi connectivity index (χ0n) is 11.6. The molecule has 2 rings (SSSR count). The van der Waals surface area contributed by atoms with E-state index >= 15 is 0 Å². The molecule has 0 unspecified atom stereocenters. The second kappa shape index (κ2) is 4.44. The maximum Gasteiger partial charge on any atom is 0.194 e. The number of hydrogen-bond acceptors (Lipinski definition) is 5. The van der Waals surface area contributed by atoms with Gasteiger partial charge in [-0.3, -0.25) is 4.79 Å². The van der Waals surface area contributed by atoms with Gasteiger partial charge in [0.05, 0.1) is 17.1 Å². The molecule has 0 radical (unpaired) electrons. The third-order valence-corrected chi connectivity index (χ3v) is 4.46. The van der Waals surface area contributed by atoms with Crippen molar-refractivity contribution in [3.05, 3.63) is 32.9 Å². The summed E-state index contributed by atoms with van der Waals surface area (Å²) in [6.45, 7) is 6.86. The van der Waals surface area contributed by atoms with Crippen LogP contribution in [-0.4, -0.2) is 27.5 Å². The van der Waals surface area contributed by atoms with E-state index in [9.17, 15) is 20.1 Å². The van der Waals surface area contributed by atoms with E-state index in [1.165, 1.54) is 0 Å². The first-order valence-electron chi connectivity index (χ1n) is 6.44. The smallest absolute Gasteiger partial charge is 0.194 e. The highest BCUT2D eigenvalue weighted by Crippen LogP contribution is 2.43. The first kappa shape index (κ1) is 14.2. The van der Waals surface area contributed by atoms with E-state index < -0.39 is 23.7 Å². The van der Waals surface area contributed by atoms with Crippen LogP contribution in [0.15, 0.2) is 9.21 Å². The number of aliphatic hydroxyl groups excluding tert-OH is 3. The van der Waals surface area contributed by atoms with Crippen molar-refractivity contribution >= 4 is 0 Å². The molecule has 1 aliphatic rings. The third-order valence-electron chi connectivity index (χ3n) is 4.46. The summed E-state index contributed by atoms with van der Waals surface area (Å²) in [6.07, 6.45) is -3.50. The second-order valence-corrected chi connectivity index (χ2v) is 5.51. The summed E-state index contributed by atoms with van der Waals surface area (Å²) in [5.74, 6) is 0.757. The molecule has 0 saturated carbocycles. The fourth-order valence-corrected chi connectivity index (χ4v) is 2.67. The Morgan fingerprint density at radius 2 is 1.84 bits per heavy atom. The topological polar surface area (TPSA) is 90.9 Å². The standard InChI is InChI=1S/C14H20O5/c1-5-14(4)12(18)11(17)10(16)8-9(15)6(2)7(3)19-13(8)14/h10-12,16-18H,5H2,1-4H3/t10-,11+,12+,14+/m1/s1. The van der Waals surface area contributed by atoms with E-state index in [-0.39, 0.29) is 16.8 Å². The van der Waals surface area contributed by atoms with E-state index in [0.29, 0.717) is 17.7 Å². The van der Waals surface area contributed by atoms with Crippen molar-refractivity contribution in [1.29, 1.82) is 0 Å². The summed E-state index contributed by atoms with van der Waals surface area (Å²) in [6, 6.07) is 0. The van der Waals surface area contributed by atoms with Gasteiger partial charge >= 0.3 is 0 Å². The van der Waals surface area contributed by atoms with Gasteiger partial charge in [0.2, 0.25) is 0 Å². The molecule has 4 atom stereocenters. The van der Waals surface area contributed by atoms with Crippen molar-refractivity contribution in [2.75, 3.05) is 0 Å². The fourth-order valence-electron chi connectivity index (χ4n) is 2.67. The van der Waals surface area contributed by atoms with Gasteiger partial charge in [-0.1, -0.05) is 6.92 Å². The highest BCUT2D eigenvalue weighted by Gasteiger charge is 2.50. The lowest BCUT2D eigenvalue weighted by Crippen LogP contribution is -2.53. The predicted octanol–water partition coefficient (Wildman–Crippen LogP) is 0.693. The van der Waals surface area contributed by atoms with Gasteiger partial charge in [0.25, 0.3) is 0 Å². The normalized spacial score (nSPS) is 34.2. The molecule has 0 fully saturated rings. The van der Waals surface area contributed by atoms with Gasteiger partial charge in [-0.05, 0) is 27.2 Å². The van der Waals surface area contributed by atoms with Crippen LogP contribution in [0.25, 0.3) is 0 Å². The summed E-state index contributed by atoms with van der Waals surface area (Å²) in [4.78, 5) is 12.3. The average Bonchev–Trinajstić information content (AvgIpc) is 2.39. The summed E-state index contributed by atoms with van der Waals surface area (Å²) in [5.41, 5.74) is -0.715. The lowest BCUT2D eigenvalue weighted by molar-refractivity contribution is -0.109. The first-order valence-corrected chi connectivity index (χ1v) is 6.44. The van der Waals surface area contributed by atoms with E-state index in [2.05, 4.69) is 0 Å². The van der Waals surface area contributed by atoms with Crippen LogP contribution in [-0.2, 0) is 5.41 Å². The van der Waals surface area contributed by atoms with Crippen molar-refractivity contribution in [2.24, 2.45) is 0 Å². The molecule has 5 heteroatoms. The van der Waals surface area contributed by atoms with Gasteiger partial charge in [-0.25, -0.2) is 0 Å². The summed E-state index contributed by atoms with van der Waals surface area (Å²) < 4.78 is 5.68. The molecule has 3 N–H and O–H groups in total. The Labute approximate surface area is 111 Å². The van der Waals surface area contributed by atoms with Crippen LogP contribution in [0.5, 0.6) is 0 Å². The van der Waals surface area contributed by atoms with E-state index in [1.807, 2.05) is 6.92 Å². The highest BCUT2D eigenvalue weighted by molar-refractivity contribution is 5.37. The van der Waals surface area contributed by atoms with Gasteiger partial charge in [-0.15, -0.1) is 0 Å². The van der Waals surface area contributed by atoms with Crippen LogP contribution >= 0.6 is 0 Å². The molecular formula is C14H20O5. The van der Waals surface area contributed by atoms with Crippen LogP contribution in [0.1, 0.15) is 49.0 Å². The maximum atomic E-state index is 12.3. The molecule has 0 bridgehead atoms. The quantitative estimate of drug-likeness (QED) is 0.697. The van der Waals surface area contributed by atoms with Gasteiger partial charge in [-0.2, -0.15) is 0 Å². The molecular weight excluding hydrogens is 248 g/mol. The van der Waals surface area contributed by atoms with Gasteiger partial charge in [0, 0.05) is 5.56 Å². The number of aliphatic hydroxyl groups is 3. The highest BCUT2D eigenvalue weighted by atomic mass is 16.4. The van der Waals surface area contributed by atoms with Crippen molar-refractivity contribution in [3.8, 4) is 0 Å². The first-order chi connectivity index (χ1) is 8.75. The number of rotatable bonds is 1. The minimum atomic E-state index is -1.42. The third kappa shape index (κ3) is 1.76. The number of fused-ring (bicyclic) bond motifs is 1. The van der Waals surface area contributed by atoms with Crippen LogP contribution in [0, 0.1) is 13.8 Å². The summed E-state index contributed by atoms with van der Waals surface area (Å²) >= 11 is 0. The molecule has 106 valence electrons. The summed E-state index contributed by atoms with van der Waals surface area (Å²) in [5, 5.41) is 30.2. The van der Waals surface area contributed by atoms with Crippen LogP contribution in [0.2, 0.25) is 0 Å². The Morgan fingerprint density at radius 3 is 2.37 bits per heavy atom. The maximum absolute atomic E-state index is 12.3. The van der Waals surface area contributed by atoms with Crippen molar-refractivity contribution in [2.45, 2.75) is 57.8 Å². The van der Waals surface area contributed by atoms with Crippen molar-refractivity contribution in [1.82, 2.24) is 0 Å². The van der Waals surface area contributed by atoms with Gasteiger partial charge in [0.15, 0.2) is 5.43 Å². The Bertz CT molecular complexity index is 562. The molecule has 1 aromatic heterocycles. The molecule has 0 spiro atoms. The monoisotopic (exact) mass is 268 g/mol. The molecule has 0 aliphatic heterocycles. The van der Waals surface area contributed by atoms with Gasteiger partial charge < -0.3 is 19.7 Å². The molecule has 1 aromatic rings. The van der Waals surface area contributed by atoms with Crippen molar-refractivity contribution < 1.29 is 19.7 Å². The van der Waals surface area contributed by atoms with E-state index in [0.717, 1.165) is 0 Å². The van der Waals surface area contributed by atoms with E-state index in [4.69, 9.17) is 4.42 Å². The fraction of sp³-hybridized carbons (Fsp3) is 0.643. The Hall–Kier alpha value is -1.17. The largest absolute Gasteiger partial charge is 0.465 e. The number of aryl methyl sites for hydroxylation is 1. The zero-order valence-corrected chi connectivity index (χ0v) is 11.6. The zero-order chi connectivity index (χ0) is 14.5. The van der Waals surface area contributed by atoms with Crippen LogP contribution in [0.4, 0.5) is 0 Å². The predicted molar refractivity (Wildman–Crippen MR) is 69.1 cm³/mol. The minimum absolute atomic E-state index is 0.0743. The van der Waals surface area contributed by atoms with Crippen LogP contribution in [0.3, 0.4) is 0 Å². The van der Waals surface area contributed by atoms with E-state index in [1.54, 1.807) is 20.8 Å². The lowest BCUT2D eigenvalue weighted by Gasteiger charge is -2.42. The van der Waals surface area contributed by atoms with Gasteiger partial charge in [0.1, 0.15) is 23.7 Å². The Kier molecular flexibility index (Phi) is 3.33. The molecule has 0 aromatic carbocycles. The minimum Gasteiger partial charge on any atom is -0.465 e. The number of hydrogen-bond donors (Lipinski definition) is 3. The molecule has 0 saturated heterocycles. The molecule has 1 heterocycles. The van der Waals surface area contributed by atoms with Crippen molar-refractivity contribution in [3.63, 3.8) is 0 Å². The lowest BCUT2D eigenvalue weighted by atomic mass is 9.68. The molecule has 19 heavy (non-hydrogen) atoms. The molecule has 1 aliphatic carbocycles. The SMILES string of the molecule is CC[C@]1(C)c2oc(C)c(C)c(=O)c2[C@@H](O)[C@H](O)[C@@H]1O. The Balaban J connectivity index is 2.84. The second-order valence-electron chi connectivity index (χ2n) is 5.51. The average molecular weight is 268 g/mol. The Morgan fingerprint density at radius 1 is 1.26 bits per heavy atom. The molecule has 5 nitrogen and oxygen atoms in total. The summed E-state index contributed by atoms with van der Waals surface area (Å²) in [7, 11) is 0. The van der Waals surface area contributed by atoms with Crippen LogP contribution < -0.4 is 5.43 Å².